The lowest BCUT2D eigenvalue weighted by Crippen LogP contribution is -2.62. The molecule has 2 fully saturated rings. The molecule has 2 unspecified atom stereocenters. The molecule has 0 aromatic heterocycles. The molecule has 2 nitrogen and oxygen atoms in total. The molecular formula is C19H38N2. The molecule has 1 saturated carbocycles. The topological polar surface area (TPSA) is 15.3 Å². The molecule has 0 aromatic carbocycles. The Labute approximate surface area is 133 Å². The van der Waals surface area contributed by atoms with E-state index in [9.17, 15) is 0 Å². The molecule has 0 bridgehead atoms. The zero-order valence-corrected chi connectivity index (χ0v) is 15.0. The molecule has 2 atom stereocenters. The van der Waals surface area contributed by atoms with Crippen LogP contribution in [0.3, 0.4) is 0 Å². The van der Waals surface area contributed by atoms with Crippen LogP contribution in [0.1, 0.15) is 79.1 Å². The molecule has 2 heteroatoms. The van der Waals surface area contributed by atoms with Crippen molar-refractivity contribution < 1.29 is 0 Å². The van der Waals surface area contributed by atoms with Crippen molar-refractivity contribution in [2.24, 2.45) is 11.3 Å². The van der Waals surface area contributed by atoms with Crippen LogP contribution in [-0.4, -0.2) is 36.6 Å². The van der Waals surface area contributed by atoms with Gasteiger partial charge in [-0.05, 0) is 37.1 Å². The third-order valence-electron chi connectivity index (χ3n) is 5.71. The van der Waals surface area contributed by atoms with Crippen LogP contribution in [0.4, 0.5) is 0 Å². The highest BCUT2D eigenvalue weighted by Gasteiger charge is 2.37. The summed E-state index contributed by atoms with van der Waals surface area (Å²) in [6, 6.07) is 1.46. The number of piperazine rings is 1. The lowest BCUT2D eigenvalue weighted by Gasteiger charge is -2.48. The summed E-state index contributed by atoms with van der Waals surface area (Å²) in [5, 5.41) is 3.92. The van der Waals surface area contributed by atoms with Crippen molar-refractivity contribution in [1.82, 2.24) is 10.2 Å². The number of nitrogens with one attached hydrogen (secondary N) is 1. The van der Waals surface area contributed by atoms with Crippen LogP contribution in [-0.2, 0) is 0 Å². The van der Waals surface area contributed by atoms with Gasteiger partial charge in [0.25, 0.3) is 0 Å². The summed E-state index contributed by atoms with van der Waals surface area (Å²) in [6.07, 6.45) is 11.4. The van der Waals surface area contributed by atoms with Gasteiger partial charge in [0.15, 0.2) is 0 Å². The van der Waals surface area contributed by atoms with E-state index in [1.165, 1.54) is 71.0 Å². The summed E-state index contributed by atoms with van der Waals surface area (Å²) in [4.78, 5) is 2.82. The van der Waals surface area contributed by atoms with E-state index in [-0.39, 0.29) is 0 Å². The van der Waals surface area contributed by atoms with E-state index in [0.717, 1.165) is 12.0 Å². The van der Waals surface area contributed by atoms with E-state index in [1.807, 2.05) is 0 Å². The Morgan fingerprint density at radius 3 is 2.38 bits per heavy atom. The second-order valence-corrected chi connectivity index (χ2v) is 8.50. The third kappa shape index (κ3) is 4.96. The maximum atomic E-state index is 3.92. The van der Waals surface area contributed by atoms with E-state index in [1.54, 1.807) is 0 Å². The molecule has 1 N–H and O–H groups in total. The van der Waals surface area contributed by atoms with Crippen LogP contribution >= 0.6 is 0 Å². The van der Waals surface area contributed by atoms with Crippen LogP contribution in [0.15, 0.2) is 0 Å². The average Bonchev–Trinajstić information content (AvgIpc) is 2.47. The molecule has 124 valence electrons. The summed E-state index contributed by atoms with van der Waals surface area (Å²) < 4.78 is 0. The summed E-state index contributed by atoms with van der Waals surface area (Å²) >= 11 is 0. The molecule has 2 rings (SSSR count). The van der Waals surface area contributed by atoms with Gasteiger partial charge in [0, 0.05) is 25.2 Å². The molecule has 21 heavy (non-hydrogen) atoms. The van der Waals surface area contributed by atoms with Crippen molar-refractivity contribution in [3.8, 4) is 0 Å². The zero-order chi connectivity index (χ0) is 15.3. The molecule has 1 aliphatic carbocycles. The summed E-state index contributed by atoms with van der Waals surface area (Å²) in [6.45, 7) is 13.3. The van der Waals surface area contributed by atoms with Crippen LogP contribution < -0.4 is 5.32 Å². The highest BCUT2D eigenvalue weighted by molar-refractivity contribution is 4.94. The number of hydrogen-bond donors (Lipinski definition) is 1. The molecule has 2 aliphatic rings. The fraction of sp³-hybridized carbons (Fsp3) is 1.00. The highest BCUT2D eigenvalue weighted by Crippen LogP contribution is 2.32. The Bertz CT molecular complexity index is 288. The standard InChI is InChI=1S/C19H38N2/c1-5-6-10-13-21-15-17(16-11-8-7-9-12-16)20-14-18(21)19(2,3)4/h16-18,20H,5-15H2,1-4H3. The molecule has 0 aromatic rings. The van der Waals surface area contributed by atoms with Gasteiger partial charge in [0.2, 0.25) is 0 Å². The maximum absolute atomic E-state index is 3.92. The fourth-order valence-electron chi connectivity index (χ4n) is 4.35. The average molecular weight is 295 g/mol. The minimum Gasteiger partial charge on any atom is -0.311 e. The molecule has 1 saturated heterocycles. The molecule has 0 spiro atoms. The number of nitrogens with zero attached hydrogens (tertiary/aromatic N) is 1. The van der Waals surface area contributed by atoms with Gasteiger partial charge in [0.1, 0.15) is 0 Å². The van der Waals surface area contributed by atoms with Crippen LogP contribution in [0.2, 0.25) is 0 Å². The first-order valence-electron chi connectivity index (χ1n) is 9.49. The Balaban J connectivity index is 1.94. The number of hydrogen-bond acceptors (Lipinski definition) is 2. The Morgan fingerprint density at radius 2 is 1.76 bits per heavy atom. The molecule has 1 heterocycles. The van der Waals surface area contributed by atoms with Gasteiger partial charge in [-0.1, -0.05) is 59.8 Å². The van der Waals surface area contributed by atoms with Gasteiger partial charge in [0.05, 0.1) is 0 Å². The smallest absolute Gasteiger partial charge is 0.0269 e. The Hall–Kier alpha value is -0.0800. The van der Waals surface area contributed by atoms with E-state index in [2.05, 4.69) is 37.9 Å². The van der Waals surface area contributed by atoms with Crippen molar-refractivity contribution >= 4 is 0 Å². The van der Waals surface area contributed by atoms with E-state index in [4.69, 9.17) is 0 Å². The number of unbranched alkanes of at least 4 members (excludes halogenated alkanes) is 2. The van der Waals surface area contributed by atoms with E-state index in [0.29, 0.717) is 11.5 Å². The first kappa shape index (κ1) is 17.3. The third-order valence-corrected chi connectivity index (χ3v) is 5.71. The molecule has 0 radical (unpaired) electrons. The van der Waals surface area contributed by atoms with Crippen molar-refractivity contribution in [2.75, 3.05) is 19.6 Å². The van der Waals surface area contributed by atoms with Gasteiger partial charge in [-0.25, -0.2) is 0 Å². The fourth-order valence-corrected chi connectivity index (χ4v) is 4.35. The second kappa shape index (κ2) is 7.97. The van der Waals surface area contributed by atoms with Crippen molar-refractivity contribution in [3.05, 3.63) is 0 Å². The van der Waals surface area contributed by atoms with Gasteiger partial charge >= 0.3 is 0 Å². The summed E-state index contributed by atoms with van der Waals surface area (Å²) in [5.41, 5.74) is 0.386. The highest BCUT2D eigenvalue weighted by atomic mass is 15.2. The van der Waals surface area contributed by atoms with E-state index >= 15 is 0 Å². The first-order chi connectivity index (χ1) is 10.0. The quantitative estimate of drug-likeness (QED) is 0.754. The van der Waals surface area contributed by atoms with Gasteiger partial charge in [-0.15, -0.1) is 0 Å². The molecule has 0 amide bonds. The first-order valence-corrected chi connectivity index (χ1v) is 9.49. The molecule has 1 aliphatic heterocycles. The second-order valence-electron chi connectivity index (χ2n) is 8.50. The van der Waals surface area contributed by atoms with Crippen LogP contribution in [0.5, 0.6) is 0 Å². The van der Waals surface area contributed by atoms with Crippen molar-refractivity contribution in [2.45, 2.75) is 91.1 Å². The zero-order valence-electron chi connectivity index (χ0n) is 15.0. The lowest BCUT2D eigenvalue weighted by molar-refractivity contribution is 0.0364. The Morgan fingerprint density at radius 1 is 1.05 bits per heavy atom. The summed E-state index contributed by atoms with van der Waals surface area (Å²) in [5.74, 6) is 0.938. The summed E-state index contributed by atoms with van der Waals surface area (Å²) in [7, 11) is 0. The van der Waals surface area contributed by atoms with Gasteiger partial charge < -0.3 is 5.32 Å². The molecular weight excluding hydrogens is 256 g/mol. The Kier molecular flexibility index (Phi) is 6.55. The van der Waals surface area contributed by atoms with Crippen LogP contribution in [0.25, 0.3) is 0 Å². The predicted molar refractivity (Wildman–Crippen MR) is 92.7 cm³/mol. The number of rotatable bonds is 5. The minimum absolute atomic E-state index is 0.386. The van der Waals surface area contributed by atoms with Crippen molar-refractivity contribution in [3.63, 3.8) is 0 Å². The minimum atomic E-state index is 0.386. The largest absolute Gasteiger partial charge is 0.311 e. The maximum Gasteiger partial charge on any atom is 0.0269 e. The van der Waals surface area contributed by atoms with Gasteiger partial charge in [-0.2, -0.15) is 0 Å². The predicted octanol–water partition coefficient (Wildman–Crippen LogP) is 4.45. The lowest BCUT2D eigenvalue weighted by atomic mass is 9.79. The SMILES string of the molecule is CCCCCN1CC(C2CCCCC2)NCC1C(C)(C)C. The van der Waals surface area contributed by atoms with Crippen molar-refractivity contribution in [1.29, 1.82) is 0 Å². The van der Waals surface area contributed by atoms with Gasteiger partial charge in [-0.3, -0.25) is 4.90 Å². The monoisotopic (exact) mass is 294 g/mol. The van der Waals surface area contributed by atoms with Crippen LogP contribution in [0, 0.1) is 11.3 Å². The van der Waals surface area contributed by atoms with E-state index < -0.39 is 0 Å². The normalized spacial score (nSPS) is 29.7.